The molecule has 3 rings (SSSR count). The number of pyridine rings is 1. The van der Waals surface area contributed by atoms with E-state index in [-0.39, 0.29) is 17.0 Å². The molecular formula is C15H11N5O3S. The number of ketones is 1. The van der Waals surface area contributed by atoms with Crippen LogP contribution in [-0.4, -0.2) is 30.9 Å². The van der Waals surface area contributed by atoms with E-state index in [1.165, 1.54) is 25.1 Å². The minimum atomic E-state index is -0.535. The first-order valence-electron chi connectivity index (χ1n) is 6.85. The summed E-state index contributed by atoms with van der Waals surface area (Å²) in [6.07, 6.45) is 1.65. The minimum absolute atomic E-state index is 0.131. The lowest BCUT2D eigenvalue weighted by atomic mass is 10.1. The van der Waals surface area contributed by atoms with Gasteiger partial charge >= 0.3 is 0 Å². The summed E-state index contributed by atoms with van der Waals surface area (Å²) in [6, 6.07) is 9.56. The monoisotopic (exact) mass is 341 g/mol. The molecule has 1 aromatic carbocycles. The molecule has 8 nitrogen and oxygen atoms in total. The second-order valence-electron chi connectivity index (χ2n) is 4.78. The molecule has 0 spiro atoms. The Hall–Kier alpha value is -3.07. The largest absolute Gasteiger partial charge is 0.294 e. The van der Waals surface area contributed by atoms with Gasteiger partial charge in [0.1, 0.15) is 5.69 Å². The van der Waals surface area contributed by atoms with Crippen molar-refractivity contribution in [1.82, 2.24) is 20.2 Å². The molecule has 0 saturated carbocycles. The molecule has 120 valence electrons. The Bertz CT molecular complexity index is 910. The van der Waals surface area contributed by atoms with Gasteiger partial charge in [0, 0.05) is 28.8 Å². The predicted octanol–water partition coefficient (Wildman–Crippen LogP) is 3.13. The van der Waals surface area contributed by atoms with Crippen molar-refractivity contribution < 1.29 is 9.72 Å². The molecule has 0 bridgehead atoms. The number of carbonyl (C=O) groups is 1. The molecule has 0 aliphatic rings. The van der Waals surface area contributed by atoms with E-state index in [4.69, 9.17) is 0 Å². The lowest BCUT2D eigenvalue weighted by molar-refractivity contribution is -0.384. The number of nitrogens with one attached hydrogen (secondary N) is 1. The van der Waals surface area contributed by atoms with Crippen molar-refractivity contribution in [3.05, 3.63) is 58.3 Å². The van der Waals surface area contributed by atoms with E-state index in [0.717, 1.165) is 11.8 Å². The van der Waals surface area contributed by atoms with Crippen LogP contribution in [-0.2, 0) is 0 Å². The fourth-order valence-electron chi connectivity index (χ4n) is 2.00. The van der Waals surface area contributed by atoms with Gasteiger partial charge < -0.3 is 0 Å². The number of benzene rings is 1. The topological polar surface area (TPSA) is 115 Å². The molecule has 0 saturated heterocycles. The molecule has 3 aromatic rings. The normalized spacial score (nSPS) is 10.5. The van der Waals surface area contributed by atoms with Crippen LogP contribution in [0.25, 0.3) is 11.5 Å². The van der Waals surface area contributed by atoms with Crippen LogP contribution in [0.5, 0.6) is 0 Å². The summed E-state index contributed by atoms with van der Waals surface area (Å²) in [5.74, 6) is 0.242. The zero-order valence-corrected chi connectivity index (χ0v) is 13.3. The molecule has 2 heterocycles. The zero-order valence-electron chi connectivity index (χ0n) is 12.5. The fraction of sp³-hybridized carbons (Fsp3) is 0.0667. The lowest BCUT2D eigenvalue weighted by Crippen LogP contribution is -1.98. The second-order valence-corrected chi connectivity index (χ2v) is 5.79. The van der Waals surface area contributed by atoms with Gasteiger partial charge in [0.2, 0.25) is 5.16 Å². The highest BCUT2D eigenvalue weighted by molar-refractivity contribution is 7.99. The average Bonchev–Trinajstić information content (AvgIpc) is 3.04. The van der Waals surface area contributed by atoms with Gasteiger partial charge in [-0.05, 0) is 36.9 Å². The van der Waals surface area contributed by atoms with E-state index in [1.807, 2.05) is 6.07 Å². The van der Waals surface area contributed by atoms with Crippen LogP contribution in [0.4, 0.5) is 5.69 Å². The molecule has 1 N–H and O–H groups in total. The number of aromatic amines is 1. The third-order valence-corrected chi connectivity index (χ3v) is 4.07. The quantitative estimate of drug-likeness (QED) is 0.430. The van der Waals surface area contributed by atoms with Crippen LogP contribution >= 0.6 is 11.8 Å². The SMILES string of the molecule is CC(=O)c1cc([N+](=O)[O-])ccc1Sc1n[nH]c(-c2ccccn2)n1. The maximum atomic E-state index is 11.8. The van der Waals surface area contributed by atoms with Crippen LogP contribution in [0.3, 0.4) is 0 Å². The van der Waals surface area contributed by atoms with Gasteiger partial charge in [0.15, 0.2) is 11.6 Å². The third kappa shape index (κ3) is 3.30. The maximum absolute atomic E-state index is 11.8. The Morgan fingerprint density at radius 1 is 1.29 bits per heavy atom. The average molecular weight is 341 g/mol. The fourth-order valence-corrected chi connectivity index (χ4v) is 2.88. The molecule has 2 aromatic heterocycles. The molecule has 0 aliphatic heterocycles. The molecular weight excluding hydrogens is 330 g/mol. The Morgan fingerprint density at radius 3 is 2.79 bits per heavy atom. The van der Waals surface area contributed by atoms with Crippen molar-refractivity contribution in [1.29, 1.82) is 0 Å². The summed E-state index contributed by atoms with van der Waals surface area (Å²) in [5.41, 5.74) is 0.777. The number of non-ortho nitro benzene ring substituents is 1. The number of hydrogen-bond donors (Lipinski definition) is 1. The summed E-state index contributed by atoms with van der Waals surface area (Å²) in [4.78, 5) is 31.1. The highest BCUT2D eigenvalue weighted by Gasteiger charge is 2.17. The molecule has 0 amide bonds. The Morgan fingerprint density at radius 2 is 2.12 bits per heavy atom. The van der Waals surface area contributed by atoms with Crippen molar-refractivity contribution in [2.45, 2.75) is 17.0 Å². The molecule has 24 heavy (non-hydrogen) atoms. The van der Waals surface area contributed by atoms with Crippen molar-refractivity contribution in [3.63, 3.8) is 0 Å². The number of Topliss-reactive ketones (excluding diaryl/α,β-unsaturated/α-hetero) is 1. The minimum Gasteiger partial charge on any atom is -0.294 e. The highest BCUT2D eigenvalue weighted by atomic mass is 32.2. The van der Waals surface area contributed by atoms with Crippen molar-refractivity contribution in [2.24, 2.45) is 0 Å². The van der Waals surface area contributed by atoms with Gasteiger partial charge in [0.05, 0.1) is 4.92 Å². The maximum Gasteiger partial charge on any atom is 0.270 e. The lowest BCUT2D eigenvalue weighted by Gasteiger charge is -2.03. The van der Waals surface area contributed by atoms with Crippen LogP contribution in [0.2, 0.25) is 0 Å². The number of nitro groups is 1. The van der Waals surface area contributed by atoms with E-state index < -0.39 is 4.92 Å². The van der Waals surface area contributed by atoms with Crippen LogP contribution < -0.4 is 0 Å². The van der Waals surface area contributed by atoms with Crippen LogP contribution in [0.1, 0.15) is 17.3 Å². The van der Waals surface area contributed by atoms with Crippen molar-refractivity contribution in [3.8, 4) is 11.5 Å². The van der Waals surface area contributed by atoms with E-state index in [9.17, 15) is 14.9 Å². The summed E-state index contributed by atoms with van der Waals surface area (Å²) in [5, 5.41) is 18.1. The first-order valence-corrected chi connectivity index (χ1v) is 7.67. The van der Waals surface area contributed by atoms with Gasteiger partial charge in [0.25, 0.3) is 5.69 Å². The van der Waals surface area contributed by atoms with E-state index in [2.05, 4.69) is 20.2 Å². The Kier molecular flexibility index (Phi) is 4.34. The molecule has 9 heteroatoms. The predicted molar refractivity (Wildman–Crippen MR) is 86.8 cm³/mol. The first kappa shape index (κ1) is 15.8. The number of nitrogens with zero attached hydrogens (tertiary/aromatic N) is 4. The standard InChI is InChI=1S/C15H11N5O3S/c1-9(21)11-8-10(20(22)23)5-6-13(11)24-15-17-14(18-19-15)12-4-2-3-7-16-12/h2-8H,1H3,(H,17,18,19). The number of nitro benzene ring substituents is 1. The number of carbonyl (C=O) groups excluding carboxylic acids is 1. The van der Waals surface area contributed by atoms with E-state index in [0.29, 0.717) is 21.6 Å². The Labute approximate surface area is 140 Å². The molecule has 0 unspecified atom stereocenters. The van der Waals surface area contributed by atoms with Crippen LogP contribution in [0, 0.1) is 10.1 Å². The van der Waals surface area contributed by atoms with Crippen LogP contribution in [0.15, 0.2) is 52.6 Å². The summed E-state index contributed by atoms with van der Waals surface area (Å²) >= 11 is 1.15. The first-order chi connectivity index (χ1) is 11.5. The molecule has 0 radical (unpaired) electrons. The van der Waals surface area contributed by atoms with E-state index >= 15 is 0 Å². The third-order valence-electron chi connectivity index (χ3n) is 3.13. The highest BCUT2D eigenvalue weighted by Crippen LogP contribution is 2.31. The van der Waals surface area contributed by atoms with Gasteiger partial charge in [-0.25, -0.2) is 0 Å². The van der Waals surface area contributed by atoms with Gasteiger partial charge in [-0.15, -0.1) is 5.10 Å². The number of aromatic nitrogens is 4. The van der Waals surface area contributed by atoms with E-state index in [1.54, 1.807) is 18.3 Å². The summed E-state index contributed by atoms with van der Waals surface area (Å²) < 4.78 is 0. The van der Waals surface area contributed by atoms with Crippen molar-refractivity contribution in [2.75, 3.05) is 0 Å². The summed E-state index contributed by atoms with van der Waals surface area (Å²) in [6.45, 7) is 1.36. The number of hydrogen-bond acceptors (Lipinski definition) is 7. The second kappa shape index (κ2) is 6.59. The summed E-state index contributed by atoms with van der Waals surface area (Å²) in [7, 11) is 0. The van der Waals surface area contributed by atoms with Gasteiger partial charge in [-0.2, -0.15) is 4.98 Å². The van der Waals surface area contributed by atoms with Gasteiger partial charge in [-0.3, -0.25) is 25.0 Å². The smallest absolute Gasteiger partial charge is 0.270 e. The number of H-pyrrole nitrogens is 1. The molecule has 0 fully saturated rings. The molecule has 0 aliphatic carbocycles. The Balaban J connectivity index is 1.90. The van der Waals surface area contributed by atoms with Crippen molar-refractivity contribution >= 4 is 23.2 Å². The molecule has 0 atom stereocenters. The number of rotatable bonds is 5. The zero-order chi connectivity index (χ0) is 17.1. The van der Waals surface area contributed by atoms with Gasteiger partial charge in [-0.1, -0.05) is 6.07 Å².